The van der Waals surface area contributed by atoms with Crippen molar-refractivity contribution in [3.8, 4) is 11.1 Å². The van der Waals surface area contributed by atoms with Crippen molar-refractivity contribution in [3.05, 3.63) is 58.7 Å². The smallest absolute Gasteiger partial charge is 0.0159 e. The van der Waals surface area contributed by atoms with Crippen molar-refractivity contribution >= 4 is 0 Å². The molecule has 130 valence electrons. The predicted molar refractivity (Wildman–Crippen MR) is 110 cm³/mol. The highest BCUT2D eigenvalue weighted by Crippen LogP contribution is 2.49. The van der Waals surface area contributed by atoms with E-state index in [4.69, 9.17) is 0 Å². The van der Waals surface area contributed by atoms with E-state index < -0.39 is 0 Å². The van der Waals surface area contributed by atoms with Gasteiger partial charge in [0, 0.05) is 5.41 Å². The van der Waals surface area contributed by atoms with Crippen LogP contribution in [0.15, 0.2) is 36.4 Å². The van der Waals surface area contributed by atoms with Gasteiger partial charge in [0.15, 0.2) is 0 Å². The van der Waals surface area contributed by atoms with Crippen molar-refractivity contribution in [1.82, 2.24) is 0 Å². The van der Waals surface area contributed by atoms with Crippen LogP contribution in [0.4, 0.5) is 0 Å². The fourth-order valence-electron chi connectivity index (χ4n) is 3.27. The topological polar surface area (TPSA) is 0 Å². The van der Waals surface area contributed by atoms with E-state index in [0.717, 1.165) is 12.8 Å². The van der Waals surface area contributed by atoms with Gasteiger partial charge < -0.3 is 0 Å². The number of benzene rings is 2. The van der Waals surface area contributed by atoms with Gasteiger partial charge in [0.25, 0.3) is 0 Å². The van der Waals surface area contributed by atoms with E-state index in [-0.39, 0.29) is 35.1 Å². The Labute approximate surface area is 146 Å². The molecule has 1 aliphatic rings. The van der Waals surface area contributed by atoms with Crippen molar-refractivity contribution < 1.29 is 0 Å². The van der Waals surface area contributed by atoms with Crippen LogP contribution in [0.3, 0.4) is 0 Å². The monoisotopic (exact) mass is 314 g/mol. The van der Waals surface area contributed by atoms with E-state index >= 15 is 0 Å². The van der Waals surface area contributed by atoms with Gasteiger partial charge in [-0.05, 0) is 46.2 Å². The second-order valence-corrected chi connectivity index (χ2v) is 6.09. The Morgan fingerprint density at radius 2 is 1.00 bits per heavy atom. The van der Waals surface area contributed by atoms with Crippen LogP contribution in [0.25, 0.3) is 11.1 Å². The molecule has 0 N–H and O–H groups in total. The summed E-state index contributed by atoms with van der Waals surface area (Å²) in [7, 11) is 0. The summed E-state index contributed by atoms with van der Waals surface area (Å²) in [5.41, 5.74) is 8.87. The number of hydrogen-bond donors (Lipinski definition) is 0. The molecule has 0 amide bonds. The zero-order chi connectivity index (χ0) is 13.6. The third-order valence-corrected chi connectivity index (χ3v) is 4.62. The SMILES string of the molecule is C.C.C.C.CCc1ccc2c(c1)C(C)(C)c1cc(CC)ccc1-2. The normalized spacial score (nSPS) is 12.5. The first-order chi connectivity index (χ1) is 9.07. The van der Waals surface area contributed by atoms with Crippen molar-refractivity contribution in [2.45, 2.75) is 75.7 Å². The van der Waals surface area contributed by atoms with Crippen LogP contribution in [0.1, 0.15) is 79.7 Å². The van der Waals surface area contributed by atoms with Gasteiger partial charge in [-0.15, -0.1) is 0 Å². The lowest BCUT2D eigenvalue weighted by Gasteiger charge is -2.22. The van der Waals surface area contributed by atoms with Crippen molar-refractivity contribution in [3.63, 3.8) is 0 Å². The molecule has 0 saturated carbocycles. The molecule has 0 atom stereocenters. The molecule has 23 heavy (non-hydrogen) atoms. The Bertz CT molecular complexity index is 577. The van der Waals surface area contributed by atoms with Gasteiger partial charge in [-0.3, -0.25) is 0 Å². The first-order valence-electron chi connectivity index (χ1n) is 7.35. The summed E-state index contributed by atoms with van der Waals surface area (Å²) < 4.78 is 0. The predicted octanol–water partition coefficient (Wildman–Crippen LogP) is 7.66. The van der Waals surface area contributed by atoms with Crippen LogP contribution in [-0.2, 0) is 18.3 Å². The number of hydrogen-bond acceptors (Lipinski definition) is 0. The second-order valence-electron chi connectivity index (χ2n) is 6.09. The molecule has 0 heterocycles. The summed E-state index contributed by atoms with van der Waals surface area (Å²) in [4.78, 5) is 0. The minimum Gasteiger partial charge on any atom is -0.0776 e. The summed E-state index contributed by atoms with van der Waals surface area (Å²) in [6.07, 6.45) is 2.22. The lowest BCUT2D eigenvalue weighted by Crippen LogP contribution is -2.15. The molecule has 0 fully saturated rings. The number of fused-ring (bicyclic) bond motifs is 3. The fraction of sp³-hybridized carbons (Fsp3) is 0.478. The Morgan fingerprint density at radius 3 is 1.30 bits per heavy atom. The molecule has 2 aromatic rings. The third kappa shape index (κ3) is 3.52. The van der Waals surface area contributed by atoms with Gasteiger partial charge in [0.2, 0.25) is 0 Å². The fourth-order valence-corrected chi connectivity index (χ4v) is 3.27. The highest BCUT2D eigenvalue weighted by atomic mass is 14.4. The van der Waals surface area contributed by atoms with Gasteiger partial charge in [0.1, 0.15) is 0 Å². The molecule has 0 heteroatoms. The number of rotatable bonds is 2. The average Bonchev–Trinajstić information content (AvgIpc) is 2.67. The zero-order valence-corrected chi connectivity index (χ0v) is 12.4. The first-order valence-corrected chi connectivity index (χ1v) is 7.35. The van der Waals surface area contributed by atoms with E-state index in [9.17, 15) is 0 Å². The van der Waals surface area contributed by atoms with Crippen LogP contribution in [0.5, 0.6) is 0 Å². The standard InChI is InChI=1S/C19H22.4CH4/c1-5-13-7-9-15-16-10-8-14(6-2)12-18(16)19(3,4)17(15)11-13;;;;/h7-12H,5-6H2,1-4H3;4*1H4. The molecule has 2 aromatic carbocycles. The summed E-state index contributed by atoms with van der Waals surface area (Å²) in [5.74, 6) is 0. The molecule has 0 aliphatic heterocycles. The molecule has 0 saturated heterocycles. The van der Waals surface area contributed by atoms with Crippen molar-refractivity contribution in [2.75, 3.05) is 0 Å². The van der Waals surface area contributed by atoms with Crippen LogP contribution in [-0.4, -0.2) is 0 Å². The molecule has 0 spiro atoms. The average molecular weight is 315 g/mol. The molecule has 3 rings (SSSR count). The minimum atomic E-state index is 0. The Hall–Kier alpha value is -1.56. The Morgan fingerprint density at radius 1 is 0.652 bits per heavy atom. The van der Waals surface area contributed by atoms with Crippen molar-refractivity contribution in [2.24, 2.45) is 0 Å². The largest absolute Gasteiger partial charge is 0.0776 e. The third-order valence-electron chi connectivity index (χ3n) is 4.62. The molecule has 0 bridgehead atoms. The minimum absolute atomic E-state index is 0. The molecule has 1 aliphatic carbocycles. The lowest BCUT2D eigenvalue weighted by atomic mass is 9.81. The first kappa shape index (κ1) is 23.7. The summed E-state index contributed by atoms with van der Waals surface area (Å²) in [6.45, 7) is 9.17. The summed E-state index contributed by atoms with van der Waals surface area (Å²) in [5, 5.41) is 0. The maximum atomic E-state index is 2.40. The van der Waals surface area contributed by atoms with Gasteiger partial charge >= 0.3 is 0 Å². The molecule has 0 radical (unpaired) electrons. The molecule has 0 aromatic heterocycles. The summed E-state index contributed by atoms with van der Waals surface area (Å²) >= 11 is 0. The summed E-state index contributed by atoms with van der Waals surface area (Å²) in [6, 6.07) is 14.0. The van der Waals surface area contributed by atoms with E-state index in [1.807, 2.05) is 0 Å². The van der Waals surface area contributed by atoms with E-state index in [1.54, 1.807) is 0 Å². The Kier molecular flexibility index (Phi) is 8.59. The van der Waals surface area contributed by atoms with Crippen LogP contribution < -0.4 is 0 Å². The number of aryl methyl sites for hydroxylation is 2. The zero-order valence-electron chi connectivity index (χ0n) is 12.4. The highest BCUT2D eigenvalue weighted by Gasteiger charge is 2.35. The quantitative estimate of drug-likeness (QED) is 0.533. The maximum absolute atomic E-state index is 2.40. The van der Waals surface area contributed by atoms with E-state index in [0.29, 0.717) is 0 Å². The molecular formula is C23H38. The maximum Gasteiger partial charge on any atom is 0.0159 e. The second kappa shape index (κ2) is 8.34. The van der Waals surface area contributed by atoms with Gasteiger partial charge in [-0.2, -0.15) is 0 Å². The lowest BCUT2D eigenvalue weighted by molar-refractivity contribution is 0.658. The van der Waals surface area contributed by atoms with Gasteiger partial charge in [-0.1, -0.05) is 93.8 Å². The molecule has 0 nitrogen and oxygen atoms in total. The van der Waals surface area contributed by atoms with E-state index in [2.05, 4.69) is 64.1 Å². The van der Waals surface area contributed by atoms with Crippen LogP contribution in [0, 0.1) is 0 Å². The van der Waals surface area contributed by atoms with Crippen LogP contribution in [0.2, 0.25) is 0 Å². The van der Waals surface area contributed by atoms with Gasteiger partial charge in [0.05, 0.1) is 0 Å². The Balaban J connectivity index is 0. The van der Waals surface area contributed by atoms with Crippen molar-refractivity contribution in [1.29, 1.82) is 0 Å². The molecular weight excluding hydrogens is 276 g/mol. The van der Waals surface area contributed by atoms with Crippen LogP contribution >= 0.6 is 0 Å². The highest BCUT2D eigenvalue weighted by molar-refractivity contribution is 5.81. The molecule has 0 unspecified atom stereocenters. The van der Waals surface area contributed by atoms with E-state index in [1.165, 1.54) is 33.4 Å². The van der Waals surface area contributed by atoms with Gasteiger partial charge in [-0.25, -0.2) is 0 Å².